The highest BCUT2D eigenvalue weighted by atomic mass is 16.1. The van der Waals surface area contributed by atoms with Crippen molar-refractivity contribution in [3.63, 3.8) is 0 Å². The lowest BCUT2D eigenvalue weighted by atomic mass is 10.0. The molecule has 2 aromatic rings. The lowest BCUT2D eigenvalue weighted by Crippen LogP contribution is -2.18. The van der Waals surface area contributed by atoms with E-state index >= 15 is 0 Å². The zero-order chi connectivity index (χ0) is 13.9. The molecule has 0 radical (unpaired) electrons. The Kier molecular flexibility index (Phi) is 3.65. The van der Waals surface area contributed by atoms with E-state index in [0.717, 1.165) is 41.8 Å². The summed E-state index contributed by atoms with van der Waals surface area (Å²) in [5.74, 6) is 0.554. The average Bonchev–Trinajstić information content (AvgIpc) is 2.91. The highest BCUT2D eigenvalue weighted by Crippen LogP contribution is 2.23. The number of nitrogens with zero attached hydrogens (tertiary/aromatic N) is 1. The number of carbonyl (C=O) groups excluding carboxylic acids is 1. The molecule has 1 amide bonds. The van der Waals surface area contributed by atoms with Gasteiger partial charge in [-0.3, -0.25) is 9.78 Å². The van der Waals surface area contributed by atoms with Gasteiger partial charge in [0.15, 0.2) is 0 Å². The van der Waals surface area contributed by atoms with Crippen molar-refractivity contribution in [2.75, 3.05) is 18.4 Å². The molecular formula is C16H19N3O. The molecule has 1 aliphatic rings. The second-order valence-corrected chi connectivity index (χ2v) is 5.44. The summed E-state index contributed by atoms with van der Waals surface area (Å²) in [7, 11) is 0. The molecule has 0 spiro atoms. The minimum Gasteiger partial charge on any atom is -0.325 e. The first-order chi connectivity index (χ1) is 9.72. The summed E-state index contributed by atoms with van der Waals surface area (Å²) in [6.07, 6.45) is 1.67. The minimum absolute atomic E-state index is 0.0921. The van der Waals surface area contributed by atoms with Gasteiger partial charge in [0.25, 0.3) is 0 Å². The van der Waals surface area contributed by atoms with Gasteiger partial charge in [-0.2, -0.15) is 0 Å². The number of hydrogen-bond donors (Lipinski definition) is 2. The second-order valence-electron chi connectivity index (χ2n) is 5.44. The van der Waals surface area contributed by atoms with Gasteiger partial charge in [0, 0.05) is 17.5 Å². The smallest absolute Gasteiger partial charge is 0.224 e. The van der Waals surface area contributed by atoms with E-state index in [-0.39, 0.29) is 5.91 Å². The van der Waals surface area contributed by atoms with Crippen LogP contribution in [-0.4, -0.2) is 24.0 Å². The number of pyridine rings is 1. The van der Waals surface area contributed by atoms with Crippen LogP contribution >= 0.6 is 0 Å². The van der Waals surface area contributed by atoms with E-state index in [1.54, 1.807) is 0 Å². The summed E-state index contributed by atoms with van der Waals surface area (Å²) in [4.78, 5) is 16.6. The summed E-state index contributed by atoms with van der Waals surface area (Å²) < 4.78 is 0. The van der Waals surface area contributed by atoms with Crippen molar-refractivity contribution >= 4 is 22.5 Å². The summed E-state index contributed by atoms with van der Waals surface area (Å²) >= 11 is 0. The Morgan fingerprint density at radius 2 is 2.30 bits per heavy atom. The zero-order valence-electron chi connectivity index (χ0n) is 11.6. The van der Waals surface area contributed by atoms with Gasteiger partial charge in [-0.1, -0.05) is 18.2 Å². The van der Waals surface area contributed by atoms with Crippen LogP contribution in [0.15, 0.2) is 30.3 Å². The number of fused-ring (bicyclic) bond motifs is 1. The van der Waals surface area contributed by atoms with E-state index in [1.807, 2.05) is 37.3 Å². The molecule has 1 fully saturated rings. The Morgan fingerprint density at radius 3 is 3.10 bits per heavy atom. The molecule has 1 atom stereocenters. The van der Waals surface area contributed by atoms with Crippen molar-refractivity contribution in [1.29, 1.82) is 0 Å². The fourth-order valence-corrected chi connectivity index (χ4v) is 2.76. The molecule has 1 aromatic heterocycles. The summed E-state index contributed by atoms with van der Waals surface area (Å²) in [5, 5.41) is 7.33. The number of rotatable bonds is 3. The van der Waals surface area contributed by atoms with Gasteiger partial charge in [0.05, 0.1) is 11.2 Å². The van der Waals surface area contributed by atoms with Crippen molar-refractivity contribution in [2.45, 2.75) is 19.8 Å². The van der Waals surface area contributed by atoms with Crippen LogP contribution in [0.5, 0.6) is 0 Å². The summed E-state index contributed by atoms with van der Waals surface area (Å²) in [6, 6.07) is 9.83. The standard InChI is InChI=1S/C16H19N3O/c1-11-8-15(13-4-2-3-5-14(13)18-11)19-16(20)9-12-6-7-17-10-12/h2-5,8,12,17H,6-7,9-10H2,1H3,(H,18,19,20). The molecule has 4 heteroatoms. The van der Waals surface area contributed by atoms with E-state index in [0.29, 0.717) is 12.3 Å². The molecule has 1 saturated heterocycles. The molecule has 4 nitrogen and oxygen atoms in total. The monoisotopic (exact) mass is 269 g/mol. The largest absolute Gasteiger partial charge is 0.325 e. The van der Waals surface area contributed by atoms with Crippen LogP contribution in [0.25, 0.3) is 10.9 Å². The minimum atomic E-state index is 0.0921. The zero-order valence-corrected chi connectivity index (χ0v) is 11.6. The number of aryl methyl sites for hydroxylation is 1. The molecule has 2 heterocycles. The third-order valence-corrected chi connectivity index (χ3v) is 3.75. The number of anilines is 1. The highest BCUT2D eigenvalue weighted by molar-refractivity contribution is 6.01. The highest BCUT2D eigenvalue weighted by Gasteiger charge is 2.18. The maximum Gasteiger partial charge on any atom is 0.224 e. The van der Waals surface area contributed by atoms with Gasteiger partial charge in [-0.05, 0) is 44.5 Å². The van der Waals surface area contributed by atoms with Crippen molar-refractivity contribution in [3.05, 3.63) is 36.0 Å². The molecule has 0 saturated carbocycles. The number of carbonyl (C=O) groups is 1. The molecule has 0 aliphatic carbocycles. The predicted octanol–water partition coefficient (Wildman–Crippen LogP) is 2.48. The van der Waals surface area contributed by atoms with Gasteiger partial charge in [0.1, 0.15) is 0 Å². The Labute approximate surface area is 118 Å². The average molecular weight is 269 g/mol. The predicted molar refractivity (Wildman–Crippen MR) is 80.7 cm³/mol. The third kappa shape index (κ3) is 2.80. The first-order valence-corrected chi connectivity index (χ1v) is 7.09. The fraction of sp³-hybridized carbons (Fsp3) is 0.375. The van der Waals surface area contributed by atoms with E-state index in [1.165, 1.54) is 0 Å². The van der Waals surface area contributed by atoms with Crippen molar-refractivity contribution in [3.8, 4) is 0 Å². The Hall–Kier alpha value is -1.94. The first kappa shape index (κ1) is 13.1. The van der Waals surface area contributed by atoms with E-state index in [9.17, 15) is 4.79 Å². The van der Waals surface area contributed by atoms with Crippen LogP contribution < -0.4 is 10.6 Å². The van der Waals surface area contributed by atoms with Crippen molar-refractivity contribution < 1.29 is 4.79 Å². The van der Waals surface area contributed by atoms with Gasteiger partial charge >= 0.3 is 0 Å². The Bertz CT molecular complexity index is 633. The number of aromatic nitrogens is 1. The number of amides is 1. The maximum absolute atomic E-state index is 12.2. The fourth-order valence-electron chi connectivity index (χ4n) is 2.76. The molecular weight excluding hydrogens is 250 g/mol. The van der Waals surface area contributed by atoms with Gasteiger partial charge < -0.3 is 10.6 Å². The second kappa shape index (κ2) is 5.59. The number of benzene rings is 1. The Balaban J connectivity index is 1.81. The van der Waals surface area contributed by atoms with Crippen LogP contribution in [0.1, 0.15) is 18.5 Å². The van der Waals surface area contributed by atoms with Crippen molar-refractivity contribution in [1.82, 2.24) is 10.3 Å². The van der Waals surface area contributed by atoms with Crippen LogP contribution in [0.3, 0.4) is 0 Å². The lowest BCUT2D eigenvalue weighted by molar-refractivity contribution is -0.116. The number of hydrogen-bond acceptors (Lipinski definition) is 3. The van der Waals surface area contributed by atoms with Gasteiger partial charge in [-0.25, -0.2) is 0 Å². The maximum atomic E-state index is 12.2. The molecule has 2 N–H and O–H groups in total. The topological polar surface area (TPSA) is 54.0 Å². The SMILES string of the molecule is Cc1cc(NC(=O)CC2CCNC2)c2ccccc2n1. The van der Waals surface area contributed by atoms with E-state index < -0.39 is 0 Å². The summed E-state index contributed by atoms with van der Waals surface area (Å²) in [5.41, 5.74) is 2.70. The molecule has 20 heavy (non-hydrogen) atoms. The quantitative estimate of drug-likeness (QED) is 0.900. The van der Waals surface area contributed by atoms with Crippen LogP contribution in [0.2, 0.25) is 0 Å². The molecule has 1 aromatic carbocycles. The molecule has 1 aliphatic heterocycles. The Morgan fingerprint density at radius 1 is 1.45 bits per heavy atom. The van der Waals surface area contributed by atoms with Crippen molar-refractivity contribution in [2.24, 2.45) is 5.92 Å². The number of para-hydroxylation sites is 1. The third-order valence-electron chi connectivity index (χ3n) is 3.75. The van der Waals surface area contributed by atoms with Crippen LogP contribution in [0.4, 0.5) is 5.69 Å². The lowest BCUT2D eigenvalue weighted by Gasteiger charge is -2.12. The first-order valence-electron chi connectivity index (χ1n) is 7.09. The van der Waals surface area contributed by atoms with Crippen LogP contribution in [0, 0.1) is 12.8 Å². The number of nitrogens with one attached hydrogen (secondary N) is 2. The molecule has 104 valence electrons. The normalized spacial score (nSPS) is 18.4. The summed E-state index contributed by atoms with van der Waals surface area (Å²) in [6.45, 7) is 3.92. The van der Waals surface area contributed by atoms with E-state index in [4.69, 9.17) is 0 Å². The molecule has 1 unspecified atom stereocenters. The molecule has 0 bridgehead atoms. The van der Waals surface area contributed by atoms with Crippen LogP contribution in [-0.2, 0) is 4.79 Å². The van der Waals surface area contributed by atoms with E-state index in [2.05, 4.69) is 15.6 Å². The molecule has 3 rings (SSSR count). The van der Waals surface area contributed by atoms with Gasteiger partial charge in [0.2, 0.25) is 5.91 Å². The van der Waals surface area contributed by atoms with Gasteiger partial charge in [-0.15, -0.1) is 0 Å².